The number of sulfonamides is 1. The van der Waals surface area contributed by atoms with E-state index >= 15 is 0 Å². The minimum absolute atomic E-state index is 0.0805. The van der Waals surface area contributed by atoms with Crippen LogP contribution in [-0.4, -0.2) is 29.1 Å². The molecule has 156 valence electrons. The van der Waals surface area contributed by atoms with E-state index in [9.17, 15) is 13.2 Å². The highest BCUT2D eigenvalue weighted by Gasteiger charge is 2.27. The Morgan fingerprint density at radius 2 is 1.90 bits per heavy atom. The molecule has 1 saturated carbocycles. The molecule has 4 rings (SSSR count). The number of para-hydroxylation sites is 1. The van der Waals surface area contributed by atoms with E-state index in [1.807, 2.05) is 23.6 Å². The lowest BCUT2D eigenvalue weighted by molar-refractivity contribution is 0.0949. The molecule has 0 bridgehead atoms. The Hall–Kier alpha value is -2.98. The molecule has 1 aliphatic rings. The second-order valence-corrected chi connectivity index (χ2v) is 9.24. The van der Waals surface area contributed by atoms with E-state index in [4.69, 9.17) is 12.2 Å². The topological polar surface area (TPSA) is 109 Å². The molecule has 0 radical (unpaired) electrons. The average molecular weight is 444 g/mol. The minimum atomic E-state index is -3.75. The number of rotatable bonds is 7. The van der Waals surface area contributed by atoms with E-state index in [2.05, 4.69) is 20.2 Å². The summed E-state index contributed by atoms with van der Waals surface area (Å²) in [5.41, 5.74) is 1.70. The Kier molecular flexibility index (Phi) is 5.44. The second-order valence-electron chi connectivity index (χ2n) is 7.17. The van der Waals surface area contributed by atoms with Crippen LogP contribution in [0.2, 0.25) is 0 Å². The lowest BCUT2D eigenvalue weighted by atomic mass is 10.2. The molecule has 3 N–H and O–H groups in total. The van der Waals surface area contributed by atoms with E-state index < -0.39 is 10.0 Å². The monoisotopic (exact) mass is 443 g/mol. The van der Waals surface area contributed by atoms with Crippen LogP contribution in [0, 0.1) is 11.7 Å². The van der Waals surface area contributed by atoms with Gasteiger partial charge in [0.1, 0.15) is 0 Å². The molecule has 8 nitrogen and oxygen atoms in total. The number of carbonyl (C=O) groups excluding carboxylic acids is 1. The maximum atomic E-state index is 12.6. The van der Waals surface area contributed by atoms with E-state index in [1.165, 1.54) is 24.3 Å². The SMILES string of the molecule is Cc1ccccc1NS(=O)(=O)c1ccc(C(=O)NCc2n[nH]c(=S)n2C2CC2)cc1. The third-order valence-electron chi connectivity index (χ3n) is 4.91. The van der Waals surface area contributed by atoms with Crippen molar-refractivity contribution >= 4 is 33.8 Å². The molecule has 1 heterocycles. The summed E-state index contributed by atoms with van der Waals surface area (Å²) in [4.78, 5) is 12.5. The summed E-state index contributed by atoms with van der Waals surface area (Å²) in [5, 5.41) is 9.74. The fraction of sp³-hybridized carbons (Fsp3) is 0.250. The maximum Gasteiger partial charge on any atom is 0.261 e. The molecule has 1 aromatic heterocycles. The molecule has 0 unspecified atom stereocenters. The number of aryl methyl sites for hydroxylation is 1. The fourth-order valence-electron chi connectivity index (χ4n) is 3.11. The zero-order valence-electron chi connectivity index (χ0n) is 16.3. The predicted octanol–water partition coefficient (Wildman–Crippen LogP) is 3.31. The largest absolute Gasteiger partial charge is 0.345 e. The number of amides is 1. The summed E-state index contributed by atoms with van der Waals surface area (Å²) >= 11 is 5.24. The van der Waals surface area contributed by atoms with Crippen molar-refractivity contribution in [1.29, 1.82) is 0 Å². The van der Waals surface area contributed by atoms with Crippen molar-refractivity contribution in [3.05, 3.63) is 70.3 Å². The van der Waals surface area contributed by atoms with Crippen molar-refractivity contribution in [2.24, 2.45) is 0 Å². The van der Waals surface area contributed by atoms with Gasteiger partial charge in [0, 0.05) is 11.6 Å². The van der Waals surface area contributed by atoms with Gasteiger partial charge in [-0.2, -0.15) is 5.10 Å². The van der Waals surface area contributed by atoms with Crippen LogP contribution in [0.4, 0.5) is 5.69 Å². The Morgan fingerprint density at radius 1 is 1.20 bits per heavy atom. The summed E-state index contributed by atoms with van der Waals surface area (Å²) in [6, 6.07) is 13.3. The maximum absolute atomic E-state index is 12.6. The Morgan fingerprint density at radius 3 is 2.57 bits per heavy atom. The Balaban J connectivity index is 1.43. The molecule has 0 aliphatic heterocycles. The zero-order chi connectivity index (χ0) is 21.3. The van der Waals surface area contributed by atoms with Crippen molar-refractivity contribution < 1.29 is 13.2 Å². The van der Waals surface area contributed by atoms with Crippen LogP contribution >= 0.6 is 12.2 Å². The number of nitrogens with zero attached hydrogens (tertiary/aromatic N) is 2. The van der Waals surface area contributed by atoms with Gasteiger partial charge in [0.15, 0.2) is 10.6 Å². The molecular formula is C20H21N5O3S2. The van der Waals surface area contributed by atoms with Crippen LogP contribution in [0.5, 0.6) is 0 Å². The Bertz CT molecular complexity index is 1240. The Labute approximate surface area is 179 Å². The summed E-state index contributed by atoms with van der Waals surface area (Å²) < 4.78 is 30.3. The number of H-pyrrole nitrogens is 1. The number of aromatic nitrogens is 3. The van der Waals surface area contributed by atoms with Crippen LogP contribution in [0.3, 0.4) is 0 Å². The number of hydrogen-bond acceptors (Lipinski definition) is 5. The normalized spacial score (nSPS) is 13.8. The van der Waals surface area contributed by atoms with Crippen LogP contribution in [-0.2, 0) is 16.6 Å². The standard InChI is InChI=1S/C20H21N5O3S2/c1-13-4-2-3-5-17(13)24-30(27,28)16-10-6-14(7-11-16)19(26)21-12-18-22-23-20(29)25(18)15-8-9-15/h2-7,10-11,15,24H,8-9,12H2,1H3,(H,21,26)(H,23,29). The fourth-order valence-corrected chi connectivity index (χ4v) is 4.54. The number of nitrogens with one attached hydrogen (secondary N) is 3. The first-order chi connectivity index (χ1) is 14.3. The highest BCUT2D eigenvalue weighted by atomic mass is 32.2. The number of carbonyl (C=O) groups is 1. The van der Waals surface area contributed by atoms with Gasteiger partial charge in [-0.15, -0.1) is 0 Å². The lowest BCUT2D eigenvalue weighted by Gasteiger charge is -2.11. The summed E-state index contributed by atoms with van der Waals surface area (Å²) in [6.45, 7) is 2.06. The zero-order valence-corrected chi connectivity index (χ0v) is 17.9. The van der Waals surface area contributed by atoms with Gasteiger partial charge in [-0.05, 0) is 67.9 Å². The van der Waals surface area contributed by atoms with E-state index in [0.717, 1.165) is 18.4 Å². The lowest BCUT2D eigenvalue weighted by Crippen LogP contribution is -2.25. The van der Waals surface area contributed by atoms with Crippen LogP contribution in [0.25, 0.3) is 0 Å². The van der Waals surface area contributed by atoms with Crippen molar-refractivity contribution in [3.8, 4) is 0 Å². The molecule has 0 atom stereocenters. The van der Waals surface area contributed by atoms with Gasteiger partial charge in [-0.1, -0.05) is 18.2 Å². The molecule has 1 aliphatic carbocycles. The molecule has 10 heteroatoms. The highest BCUT2D eigenvalue weighted by molar-refractivity contribution is 7.92. The van der Waals surface area contributed by atoms with Gasteiger partial charge in [-0.25, -0.2) is 8.42 Å². The third-order valence-corrected chi connectivity index (χ3v) is 6.58. The van der Waals surface area contributed by atoms with Crippen LogP contribution in [0.15, 0.2) is 53.4 Å². The van der Waals surface area contributed by atoms with Crippen molar-refractivity contribution in [2.45, 2.75) is 37.2 Å². The molecule has 0 saturated heterocycles. The predicted molar refractivity (Wildman–Crippen MR) is 115 cm³/mol. The molecule has 0 spiro atoms. The number of aromatic amines is 1. The quantitative estimate of drug-likeness (QED) is 0.486. The second kappa shape index (κ2) is 8.04. The first kappa shape index (κ1) is 20.3. The number of benzene rings is 2. The van der Waals surface area contributed by atoms with Crippen LogP contribution < -0.4 is 10.0 Å². The first-order valence-electron chi connectivity index (χ1n) is 9.47. The third kappa shape index (κ3) is 4.29. The molecule has 1 fully saturated rings. The molecule has 3 aromatic rings. The van der Waals surface area contributed by atoms with Crippen LogP contribution in [0.1, 0.15) is 40.6 Å². The van der Waals surface area contributed by atoms with Gasteiger partial charge >= 0.3 is 0 Å². The van der Waals surface area contributed by atoms with Gasteiger partial charge in [0.05, 0.1) is 17.1 Å². The molecule has 1 amide bonds. The van der Waals surface area contributed by atoms with Gasteiger partial charge in [-0.3, -0.25) is 19.2 Å². The van der Waals surface area contributed by atoms with E-state index in [-0.39, 0.29) is 17.3 Å². The average Bonchev–Trinajstić information content (AvgIpc) is 3.50. The number of anilines is 1. The van der Waals surface area contributed by atoms with Gasteiger partial charge in [0.25, 0.3) is 15.9 Å². The van der Waals surface area contributed by atoms with Gasteiger partial charge < -0.3 is 5.32 Å². The summed E-state index contributed by atoms with van der Waals surface area (Å²) in [6.07, 6.45) is 2.11. The first-order valence-corrected chi connectivity index (χ1v) is 11.4. The van der Waals surface area contributed by atoms with Gasteiger partial charge in [0.2, 0.25) is 0 Å². The molecular weight excluding hydrogens is 422 g/mol. The summed E-state index contributed by atoms with van der Waals surface area (Å²) in [5.74, 6) is 0.361. The van der Waals surface area contributed by atoms with Crippen molar-refractivity contribution in [1.82, 2.24) is 20.1 Å². The van der Waals surface area contributed by atoms with E-state index in [0.29, 0.717) is 27.9 Å². The summed E-state index contributed by atoms with van der Waals surface area (Å²) in [7, 11) is -3.75. The minimum Gasteiger partial charge on any atom is -0.345 e. The smallest absolute Gasteiger partial charge is 0.261 e. The van der Waals surface area contributed by atoms with E-state index in [1.54, 1.807) is 12.1 Å². The molecule has 30 heavy (non-hydrogen) atoms. The van der Waals surface area contributed by atoms with Crippen molar-refractivity contribution in [2.75, 3.05) is 4.72 Å². The molecule has 2 aromatic carbocycles. The van der Waals surface area contributed by atoms with Crippen molar-refractivity contribution in [3.63, 3.8) is 0 Å². The highest BCUT2D eigenvalue weighted by Crippen LogP contribution is 2.35. The number of hydrogen-bond donors (Lipinski definition) is 3.